The van der Waals surface area contributed by atoms with E-state index in [0.29, 0.717) is 0 Å². The summed E-state index contributed by atoms with van der Waals surface area (Å²) in [5, 5.41) is 9.03. The van der Waals surface area contributed by atoms with Crippen molar-refractivity contribution in [2.75, 3.05) is 6.54 Å². The number of hydrogen-bond donors (Lipinski definition) is 0. The first kappa shape index (κ1) is 15.5. The zero-order chi connectivity index (χ0) is 15.5. The van der Waals surface area contributed by atoms with Crippen molar-refractivity contribution in [2.45, 2.75) is 36.6 Å². The molecular weight excluding hydrogens is 291 g/mol. The Morgan fingerprint density at radius 3 is 2.62 bits per heavy atom. The van der Waals surface area contributed by atoms with Gasteiger partial charge in [0.15, 0.2) is 0 Å². The molecule has 0 heterocycles. The lowest BCUT2D eigenvalue weighted by molar-refractivity contribution is 0.351. The van der Waals surface area contributed by atoms with Gasteiger partial charge < -0.3 is 0 Å². The zero-order valence-corrected chi connectivity index (χ0v) is 12.2. The first-order valence-corrected chi connectivity index (χ1v) is 8.10. The normalized spacial score (nSPS) is 15.8. The molecule has 0 atom stereocenters. The van der Waals surface area contributed by atoms with Crippen molar-refractivity contribution in [3.8, 4) is 18.4 Å². The van der Waals surface area contributed by atoms with E-state index in [1.54, 1.807) is 6.07 Å². The molecule has 110 valence electrons. The van der Waals surface area contributed by atoms with Crippen LogP contribution >= 0.6 is 0 Å². The fourth-order valence-corrected chi connectivity index (χ4v) is 4.40. The van der Waals surface area contributed by atoms with Gasteiger partial charge in [-0.05, 0) is 25.0 Å². The maximum Gasteiger partial charge on any atom is 0.245 e. The van der Waals surface area contributed by atoms with Crippen molar-refractivity contribution in [1.82, 2.24) is 4.31 Å². The Kier molecular flexibility index (Phi) is 4.62. The van der Waals surface area contributed by atoms with E-state index in [2.05, 4.69) is 5.92 Å². The quantitative estimate of drug-likeness (QED) is 0.802. The summed E-state index contributed by atoms with van der Waals surface area (Å²) in [5.74, 6) is 1.50. The van der Waals surface area contributed by atoms with Crippen LogP contribution in [0.1, 0.15) is 31.2 Å². The molecule has 0 N–H and O–H groups in total. The van der Waals surface area contributed by atoms with E-state index in [1.807, 2.05) is 0 Å². The van der Waals surface area contributed by atoms with Gasteiger partial charge in [-0.3, -0.25) is 0 Å². The molecule has 21 heavy (non-hydrogen) atoms. The first-order chi connectivity index (χ1) is 10.0. The molecule has 1 aromatic carbocycles. The lowest BCUT2D eigenvalue weighted by Gasteiger charge is -2.26. The standard InChI is InChI=1S/C15H15FN2O2S/c1-2-10-18(12-6-3-4-7-12)21(19,20)15-9-5-8-14(16)13(15)11-17/h1,5,8-9,12H,3-4,6-7,10H2. The molecule has 0 bridgehead atoms. The topological polar surface area (TPSA) is 61.2 Å². The third-order valence-electron chi connectivity index (χ3n) is 3.65. The molecule has 1 aliphatic carbocycles. The molecule has 6 heteroatoms. The summed E-state index contributed by atoms with van der Waals surface area (Å²) < 4.78 is 40.4. The Labute approximate surface area is 124 Å². The molecule has 0 aliphatic heterocycles. The van der Waals surface area contributed by atoms with Crippen molar-refractivity contribution >= 4 is 10.0 Å². The van der Waals surface area contributed by atoms with Crippen molar-refractivity contribution in [2.24, 2.45) is 0 Å². The highest BCUT2D eigenvalue weighted by Crippen LogP contribution is 2.30. The summed E-state index contributed by atoms with van der Waals surface area (Å²) in [4.78, 5) is -0.313. The molecule has 2 rings (SSSR count). The highest BCUT2D eigenvalue weighted by molar-refractivity contribution is 7.89. The number of halogens is 1. The number of nitriles is 1. The third kappa shape index (κ3) is 2.92. The van der Waals surface area contributed by atoms with Crippen LogP contribution in [0.4, 0.5) is 4.39 Å². The Morgan fingerprint density at radius 2 is 2.05 bits per heavy atom. The van der Waals surface area contributed by atoms with Crippen LogP contribution in [0.3, 0.4) is 0 Å². The second-order valence-corrected chi connectivity index (χ2v) is 6.78. The van der Waals surface area contributed by atoms with E-state index in [1.165, 1.54) is 16.4 Å². The smallest absolute Gasteiger partial charge is 0.207 e. The van der Waals surface area contributed by atoms with Crippen LogP contribution in [-0.4, -0.2) is 25.3 Å². The average Bonchev–Trinajstić information content (AvgIpc) is 2.98. The van der Waals surface area contributed by atoms with Crippen LogP contribution < -0.4 is 0 Å². The summed E-state index contributed by atoms with van der Waals surface area (Å²) in [6.07, 6.45) is 8.63. The van der Waals surface area contributed by atoms with Crippen LogP contribution in [0.15, 0.2) is 23.1 Å². The molecule has 1 aliphatic rings. The minimum absolute atomic E-state index is 0.0750. The fraction of sp³-hybridized carbons (Fsp3) is 0.400. The van der Waals surface area contributed by atoms with Crippen LogP contribution in [0.5, 0.6) is 0 Å². The highest BCUT2D eigenvalue weighted by atomic mass is 32.2. The van der Waals surface area contributed by atoms with Crippen molar-refractivity contribution in [1.29, 1.82) is 5.26 Å². The molecule has 0 unspecified atom stereocenters. The molecule has 4 nitrogen and oxygen atoms in total. The minimum atomic E-state index is -3.98. The van der Waals surface area contributed by atoms with Crippen LogP contribution in [0.25, 0.3) is 0 Å². The molecule has 0 saturated heterocycles. The zero-order valence-electron chi connectivity index (χ0n) is 11.4. The summed E-state index contributed by atoms with van der Waals surface area (Å²) in [7, 11) is -3.98. The third-order valence-corrected chi connectivity index (χ3v) is 5.59. The van der Waals surface area contributed by atoms with Gasteiger partial charge in [-0.25, -0.2) is 12.8 Å². The molecule has 1 fully saturated rings. The molecule has 0 radical (unpaired) electrons. The van der Waals surface area contributed by atoms with E-state index in [4.69, 9.17) is 11.7 Å². The van der Waals surface area contributed by atoms with E-state index in [9.17, 15) is 12.8 Å². The number of sulfonamides is 1. The van der Waals surface area contributed by atoms with Gasteiger partial charge in [-0.2, -0.15) is 9.57 Å². The van der Waals surface area contributed by atoms with Crippen molar-refractivity contribution in [3.63, 3.8) is 0 Å². The SMILES string of the molecule is C#CCN(C1CCCC1)S(=O)(=O)c1cccc(F)c1C#N. The van der Waals surface area contributed by atoms with Gasteiger partial charge in [0, 0.05) is 6.04 Å². The summed E-state index contributed by atoms with van der Waals surface area (Å²) >= 11 is 0. The van der Waals surface area contributed by atoms with E-state index >= 15 is 0 Å². The second-order valence-electron chi connectivity index (χ2n) is 4.92. The minimum Gasteiger partial charge on any atom is -0.207 e. The number of benzene rings is 1. The first-order valence-electron chi connectivity index (χ1n) is 6.66. The Balaban J connectivity index is 2.52. The lowest BCUT2D eigenvalue weighted by Crippen LogP contribution is -2.39. The number of terminal acetylenes is 1. The van der Waals surface area contributed by atoms with Crippen LogP contribution in [0.2, 0.25) is 0 Å². The van der Waals surface area contributed by atoms with Gasteiger partial charge in [0.05, 0.1) is 6.54 Å². The Hall–Kier alpha value is -1.89. The summed E-state index contributed by atoms with van der Waals surface area (Å²) in [6.45, 7) is -0.0750. The molecule has 0 aromatic heterocycles. The largest absolute Gasteiger partial charge is 0.245 e. The number of nitrogens with zero attached hydrogens (tertiary/aromatic N) is 2. The van der Waals surface area contributed by atoms with Gasteiger partial charge >= 0.3 is 0 Å². The maximum absolute atomic E-state index is 13.7. The van der Waals surface area contributed by atoms with Crippen molar-refractivity contribution in [3.05, 3.63) is 29.6 Å². The molecule has 0 spiro atoms. The Morgan fingerprint density at radius 1 is 1.38 bits per heavy atom. The summed E-state index contributed by atoms with van der Waals surface area (Å²) in [5.41, 5.74) is -0.461. The summed E-state index contributed by atoms with van der Waals surface area (Å²) in [6, 6.07) is 5.04. The second kappa shape index (κ2) is 6.26. The van der Waals surface area contributed by atoms with Crippen LogP contribution in [-0.2, 0) is 10.0 Å². The predicted octanol–water partition coefficient (Wildman–Crippen LogP) is 2.26. The number of hydrogen-bond acceptors (Lipinski definition) is 3. The molecular formula is C15H15FN2O2S. The number of rotatable bonds is 4. The van der Waals surface area contributed by atoms with E-state index in [0.717, 1.165) is 31.7 Å². The van der Waals surface area contributed by atoms with Gasteiger partial charge in [-0.15, -0.1) is 6.42 Å². The predicted molar refractivity (Wildman–Crippen MR) is 76.1 cm³/mol. The molecule has 0 amide bonds. The lowest BCUT2D eigenvalue weighted by atomic mass is 10.2. The van der Waals surface area contributed by atoms with E-state index in [-0.39, 0.29) is 17.5 Å². The van der Waals surface area contributed by atoms with Crippen LogP contribution in [0, 0.1) is 29.5 Å². The monoisotopic (exact) mass is 306 g/mol. The molecule has 1 saturated carbocycles. The van der Waals surface area contributed by atoms with Gasteiger partial charge in [0.2, 0.25) is 10.0 Å². The fourth-order valence-electron chi connectivity index (χ4n) is 2.65. The van der Waals surface area contributed by atoms with Crippen molar-refractivity contribution < 1.29 is 12.8 Å². The van der Waals surface area contributed by atoms with Gasteiger partial charge in [-0.1, -0.05) is 24.8 Å². The van der Waals surface area contributed by atoms with Gasteiger partial charge in [0.25, 0.3) is 0 Å². The van der Waals surface area contributed by atoms with E-state index < -0.39 is 21.4 Å². The highest BCUT2D eigenvalue weighted by Gasteiger charge is 2.34. The Bertz CT molecular complexity index is 710. The average molecular weight is 306 g/mol. The maximum atomic E-state index is 13.7. The molecule has 1 aromatic rings. The van der Waals surface area contributed by atoms with Gasteiger partial charge in [0.1, 0.15) is 22.3 Å².